The maximum Gasteiger partial charge on any atom is 0.256 e. The topological polar surface area (TPSA) is 46.3 Å². The van der Waals surface area contributed by atoms with Crippen molar-refractivity contribution in [1.82, 2.24) is 4.90 Å². The van der Waals surface area contributed by atoms with E-state index >= 15 is 0 Å². The lowest BCUT2D eigenvalue weighted by Crippen LogP contribution is -2.33. The molecule has 3 nitrogen and oxygen atoms in total. The second-order valence-corrected chi connectivity index (χ2v) is 4.75. The van der Waals surface area contributed by atoms with E-state index in [0.29, 0.717) is 11.7 Å². The number of nitrogens with two attached hydrogens (primary N) is 1. The molecule has 0 unspecified atom stereocenters. The van der Waals surface area contributed by atoms with Crippen LogP contribution in [0.15, 0.2) is 18.2 Å². The standard InChI is InChI=1S/C13H16N2O/c14-11-7-3-4-9-8-15(13(16)12(9)11)10-5-1-2-6-10/h3-4,7,10H,1-2,5-6,8,14H2. The Labute approximate surface area is 95.2 Å². The highest BCUT2D eigenvalue weighted by Crippen LogP contribution is 2.33. The van der Waals surface area contributed by atoms with Gasteiger partial charge in [0.05, 0.1) is 5.56 Å². The van der Waals surface area contributed by atoms with Crippen LogP contribution in [0.1, 0.15) is 41.6 Å². The molecule has 1 aromatic carbocycles. The van der Waals surface area contributed by atoms with Crippen LogP contribution in [0.2, 0.25) is 0 Å². The first-order valence-corrected chi connectivity index (χ1v) is 5.95. The van der Waals surface area contributed by atoms with E-state index < -0.39 is 0 Å². The summed E-state index contributed by atoms with van der Waals surface area (Å²) < 4.78 is 0. The maximum atomic E-state index is 12.3. The molecule has 1 saturated carbocycles. The van der Waals surface area contributed by atoms with Gasteiger partial charge in [0.1, 0.15) is 0 Å². The minimum Gasteiger partial charge on any atom is -0.398 e. The summed E-state index contributed by atoms with van der Waals surface area (Å²) in [4.78, 5) is 14.3. The van der Waals surface area contributed by atoms with Crippen molar-refractivity contribution in [1.29, 1.82) is 0 Å². The lowest BCUT2D eigenvalue weighted by Gasteiger charge is -2.23. The Kier molecular flexibility index (Phi) is 2.13. The zero-order valence-electron chi connectivity index (χ0n) is 9.28. The van der Waals surface area contributed by atoms with Crippen molar-refractivity contribution < 1.29 is 4.79 Å². The zero-order valence-corrected chi connectivity index (χ0v) is 9.28. The number of hydrogen-bond acceptors (Lipinski definition) is 2. The molecular formula is C13H16N2O. The van der Waals surface area contributed by atoms with Crippen LogP contribution >= 0.6 is 0 Å². The molecule has 1 heterocycles. The van der Waals surface area contributed by atoms with Crippen molar-refractivity contribution in [3.63, 3.8) is 0 Å². The van der Waals surface area contributed by atoms with E-state index in [2.05, 4.69) is 0 Å². The predicted molar refractivity (Wildman–Crippen MR) is 63.0 cm³/mol. The fourth-order valence-corrected chi connectivity index (χ4v) is 2.92. The third-order valence-electron chi connectivity index (χ3n) is 3.76. The predicted octanol–water partition coefficient (Wildman–Crippen LogP) is 2.17. The minimum absolute atomic E-state index is 0.139. The van der Waals surface area contributed by atoms with Gasteiger partial charge in [-0.25, -0.2) is 0 Å². The molecule has 3 rings (SSSR count). The number of fused-ring (bicyclic) bond motifs is 1. The van der Waals surface area contributed by atoms with Gasteiger partial charge in [0.15, 0.2) is 0 Å². The Morgan fingerprint density at radius 1 is 1.25 bits per heavy atom. The van der Waals surface area contributed by atoms with Crippen LogP contribution < -0.4 is 5.73 Å². The number of anilines is 1. The number of carbonyl (C=O) groups is 1. The molecule has 1 aliphatic heterocycles. The molecule has 0 radical (unpaired) electrons. The summed E-state index contributed by atoms with van der Waals surface area (Å²) in [5, 5.41) is 0. The van der Waals surface area contributed by atoms with Crippen molar-refractivity contribution >= 4 is 11.6 Å². The van der Waals surface area contributed by atoms with Gasteiger partial charge in [-0.15, -0.1) is 0 Å². The van der Waals surface area contributed by atoms with Gasteiger partial charge in [-0.1, -0.05) is 25.0 Å². The molecule has 84 valence electrons. The van der Waals surface area contributed by atoms with Gasteiger partial charge in [0, 0.05) is 18.3 Å². The average molecular weight is 216 g/mol. The van der Waals surface area contributed by atoms with E-state index in [4.69, 9.17) is 5.73 Å². The van der Waals surface area contributed by atoms with Gasteiger partial charge in [0.25, 0.3) is 5.91 Å². The number of benzene rings is 1. The Morgan fingerprint density at radius 3 is 2.69 bits per heavy atom. The average Bonchev–Trinajstić information content (AvgIpc) is 2.86. The molecule has 1 amide bonds. The maximum absolute atomic E-state index is 12.3. The summed E-state index contributed by atoms with van der Waals surface area (Å²) in [7, 11) is 0. The number of carbonyl (C=O) groups excluding carboxylic acids is 1. The van der Waals surface area contributed by atoms with Crippen LogP contribution in [0.5, 0.6) is 0 Å². The van der Waals surface area contributed by atoms with Crippen LogP contribution in [-0.4, -0.2) is 16.8 Å². The SMILES string of the molecule is Nc1cccc2c1C(=O)N(C1CCCC1)C2. The lowest BCUT2D eigenvalue weighted by atomic mass is 10.1. The Bertz CT molecular complexity index is 436. The molecule has 1 aromatic rings. The fourth-order valence-electron chi connectivity index (χ4n) is 2.92. The van der Waals surface area contributed by atoms with E-state index in [0.717, 1.165) is 30.5 Å². The molecule has 0 bridgehead atoms. The van der Waals surface area contributed by atoms with E-state index in [1.165, 1.54) is 12.8 Å². The number of rotatable bonds is 1. The minimum atomic E-state index is 0.139. The molecule has 2 aliphatic rings. The molecule has 2 N–H and O–H groups in total. The van der Waals surface area contributed by atoms with Crippen molar-refractivity contribution in [3.8, 4) is 0 Å². The van der Waals surface area contributed by atoms with Gasteiger partial charge in [-0.3, -0.25) is 4.79 Å². The zero-order chi connectivity index (χ0) is 11.1. The quantitative estimate of drug-likeness (QED) is 0.731. The Balaban J connectivity index is 1.94. The molecule has 1 aliphatic carbocycles. The van der Waals surface area contributed by atoms with Crippen molar-refractivity contribution in [2.24, 2.45) is 0 Å². The van der Waals surface area contributed by atoms with Crippen molar-refractivity contribution in [2.45, 2.75) is 38.3 Å². The monoisotopic (exact) mass is 216 g/mol. The van der Waals surface area contributed by atoms with Gasteiger partial charge < -0.3 is 10.6 Å². The molecule has 0 spiro atoms. The highest BCUT2D eigenvalue weighted by Gasteiger charge is 2.34. The Hall–Kier alpha value is -1.51. The molecule has 0 saturated heterocycles. The first-order chi connectivity index (χ1) is 7.77. The molecule has 0 aromatic heterocycles. The molecule has 0 atom stereocenters. The largest absolute Gasteiger partial charge is 0.398 e. The second-order valence-electron chi connectivity index (χ2n) is 4.75. The number of hydrogen-bond donors (Lipinski definition) is 1. The summed E-state index contributed by atoms with van der Waals surface area (Å²) in [6, 6.07) is 6.20. The molecular weight excluding hydrogens is 200 g/mol. The normalized spacial score (nSPS) is 20.5. The molecule has 3 heteroatoms. The van der Waals surface area contributed by atoms with E-state index in [1.54, 1.807) is 0 Å². The van der Waals surface area contributed by atoms with Crippen LogP contribution in [0, 0.1) is 0 Å². The van der Waals surface area contributed by atoms with Crippen LogP contribution in [-0.2, 0) is 6.54 Å². The summed E-state index contributed by atoms with van der Waals surface area (Å²) in [6.07, 6.45) is 4.81. The first kappa shape index (κ1) is 9.70. The third kappa shape index (κ3) is 1.31. The van der Waals surface area contributed by atoms with Crippen molar-refractivity contribution in [3.05, 3.63) is 29.3 Å². The second kappa shape index (κ2) is 3.51. The highest BCUT2D eigenvalue weighted by molar-refractivity contribution is 6.03. The summed E-state index contributed by atoms with van der Waals surface area (Å²) in [6.45, 7) is 0.754. The van der Waals surface area contributed by atoms with Crippen LogP contribution in [0.3, 0.4) is 0 Å². The third-order valence-corrected chi connectivity index (χ3v) is 3.76. The highest BCUT2D eigenvalue weighted by atomic mass is 16.2. The number of amides is 1. The smallest absolute Gasteiger partial charge is 0.256 e. The van der Waals surface area contributed by atoms with E-state index in [1.807, 2.05) is 23.1 Å². The molecule has 16 heavy (non-hydrogen) atoms. The fraction of sp³-hybridized carbons (Fsp3) is 0.462. The van der Waals surface area contributed by atoms with E-state index in [-0.39, 0.29) is 5.91 Å². The first-order valence-electron chi connectivity index (χ1n) is 5.95. The number of nitrogens with zero attached hydrogens (tertiary/aromatic N) is 1. The van der Waals surface area contributed by atoms with Crippen LogP contribution in [0.25, 0.3) is 0 Å². The van der Waals surface area contributed by atoms with Gasteiger partial charge >= 0.3 is 0 Å². The summed E-state index contributed by atoms with van der Waals surface area (Å²) in [5.41, 5.74) is 8.34. The lowest BCUT2D eigenvalue weighted by molar-refractivity contribution is 0.0707. The molecule has 1 fully saturated rings. The van der Waals surface area contributed by atoms with Gasteiger partial charge in [-0.2, -0.15) is 0 Å². The van der Waals surface area contributed by atoms with Crippen molar-refractivity contribution in [2.75, 3.05) is 5.73 Å². The van der Waals surface area contributed by atoms with Gasteiger partial charge in [0.2, 0.25) is 0 Å². The number of nitrogen functional groups attached to an aromatic ring is 1. The van der Waals surface area contributed by atoms with Gasteiger partial charge in [-0.05, 0) is 24.5 Å². The Morgan fingerprint density at radius 2 is 2.00 bits per heavy atom. The summed E-state index contributed by atoms with van der Waals surface area (Å²) >= 11 is 0. The summed E-state index contributed by atoms with van der Waals surface area (Å²) in [5.74, 6) is 0.139. The van der Waals surface area contributed by atoms with E-state index in [9.17, 15) is 4.79 Å². The van der Waals surface area contributed by atoms with Crippen LogP contribution in [0.4, 0.5) is 5.69 Å².